The average molecular weight is 572 g/mol. The Hall–Kier alpha value is -3.21. The SMILES string of the molecule is Cc1cccc(C)c1-c1cc2nc(n1)NS(=O)(=O)c1cccc(c1)C(=O)N1CCNCC(O2)C1CC(C)C.Cl. The van der Waals surface area contributed by atoms with Gasteiger partial charge in [0.05, 0.1) is 16.6 Å². The fourth-order valence-corrected chi connectivity index (χ4v) is 6.24. The van der Waals surface area contributed by atoms with Crippen LogP contribution < -0.4 is 14.8 Å². The second kappa shape index (κ2) is 11.5. The Balaban J connectivity index is 0.00000353. The zero-order valence-corrected chi connectivity index (χ0v) is 24.1. The molecule has 0 spiro atoms. The number of hydrogen-bond donors (Lipinski definition) is 2. The number of ether oxygens (including phenoxy) is 1. The van der Waals surface area contributed by atoms with Crippen LogP contribution in [0.4, 0.5) is 5.95 Å². The summed E-state index contributed by atoms with van der Waals surface area (Å²) >= 11 is 0. The van der Waals surface area contributed by atoms with Gasteiger partial charge in [-0.25, -0.2) is 18.1 Å². The van der Waals surface area contributed by atoms with Gasteiger partial charge in [0.25, 0.3) is 15.9 Å². The summed E-state index contributed by atoms with van der Waals surface area (Å²) in [7, 11) is -4.08. The number of carbonyl (C=O) groups is 1. The molecule has 2 unspecified atom stereocenters. The second-order valence-electron chi connectivity index (χ2n) is 10.4. The summed E-state index contributed by atoms with van der Waals surface area (Å²) in [6, 6.07) is 13.6. The lowest BCUT2D eigenvalue weighted by atomic mass is 9.96. The number of nitrogens with zero attached hydrogens (tertiary/aromatic N) is 3. The molecule has 5 rings (SSSR count). The molecule has 2 aliphatic heterocycles. The number of fused-ring (bicyclic) bond motifs is 6. The molecular formula is C28H34ClN5O4S. The van der Waals surface area contributed by atoms with Gasteiger partial charge in [-0.3, -0.25) is 4.79 Å². The number of anilines is 1. The third kappa shape index (κ3) is 6.03. The maximum atomic E-state index is 13.8. The first-order chi connectivity index (χ1) is 18.1. The van der Waals surface area contributed by atoms with Gasteiger partial charge >= 0.3 is 0 Å². The molecule has 1 saturated heterocycles. The summed E-state index contributed by atoms with van der Waals surface area (Å²) in [5.41, 5.74) is 3.76. The van der Waals surface area contributed by atoms with Gasteiger partial charge in [0.15, 0.2) is 0 Å². The fraction of sp³-hybridized carbons (Fsp3) is 0.393. The van der Waals surface area contributed by atoms with Crippen LogP contribution in [0, 0.1) is 19.8 Å². The highest BCUT2D eigenvalue weighted by atomic mass is 35.5. The minimum atomic E-state index is -4.08. The Labute approximate surface area is 235 Å². The van der Waals surface area contributed by atoms with E-state index in [9.17, 15) is 13.2 Å². The first kappa shape index (κ1) is 28.8. The van der Waals surface area contributed by atoms with E-state index in [1.807, 2.05) is 36.9 Å². The van der Waals surface area contributed by atoms with Crippen molar-refractivity contribution in [2.45, 2.75) is 51.2 Å². The number of aryl methyl sites for hydroxylation is 2. The van der Waals surface area contributed by atoms with Crippen LogP contribution in [0.3, 0.4) is 0 Å². The molecule has 208 valence electrons. The van der Waals surface area contributed by atoms with Crippen molar-refractivity contribution in [1.82, 2.24) is 20.2 Å². The first-order valence-corrected chi connectivity index (χ1v) is 14.4. The molecule has 0 saturated carbocycles. The summed E-state index contributed by atoms with van der Waals surface area (Å²) in [5.74, 6) is 0.235. The highest BCUT2D eigenvalue weighted by Gasteiger charge is 2.36. The van der Waals surface area contributed by atoms with E-state index < -0.39 is 16.1 Å². The van der Waals surface area contributed by atoms with Crippen LogP contribution in [0.25, 0.3) is 11.3 Å². The summed E-state index contributed by atoms with van der Waals surface area (Å²) in [5, 5.41) is 3.40. The zero-order valence-electron chi connectivity index (χ0n) is 22.5. The van der Waals surface area contributed by atoms with E-state index in [1.54, 1.807) is 18.2 Å². The van der Waals surface area contributed by atoms with E-state index in [0.717, 1.165) is 23.1 Å². The van der Waals surface area contributed by atoms with Gasteiger partial charge < -0.3 is 15.0 Å². The van der Waals surface area contributed by atoms with E-state index in [2.05, 4.69) is 33.9 Å². The van der Waals surface area contributed by atoms with Gasteiger partial charge in [-0.05, 0) is 55.5 Å². The molecular weight excluding hydrogens is 538 g/mol. The van der Waals surface area contributed by atoms with Crippen LogP contribution in [0.1, 0.15) is 41.8 Å². The Morgan fingerprint density at radius 1 is 1.08 bits per heavy atom. The molecule has 3 heterocycles. The summed E-state index contributed by atoms with van der Waals surface area (Å²) in [4.78, 5) is 24.6. The highest BCUT2D eigenvalue weighted by Crippen LogP contribution is 2.31. The minimum absolute atomic E-state index is 0. The number of aromatic nitrogens is 2. The quantitative estimate of drug-likeness (QED) is 0.484. The molecule has 2 aliphatic rings. The standard InChI is InChI=1S/C28H33N5O4S.ClH/c1-17(2)13-23-24-16-29-11-12-33(23)27(34)20-9-6-10-21(14-20)38(35,36)32-28-30-22(15-25(31-28)37-24)26-18(3)7-5-8-19(26)4;/h5-10,14-15,17,23-24,29H,11-13,16H2,1-4H3,(H,30,31,32);1H. The van der Waals surface area contributed by atoms with Crippen molar-refractivity contribution >= 4 is 34.3 Å². The fourth-order valence-electron chi connectivity index (χ4n) is 5.25. The number of sulfonamides is 1. The van der Waals surface area contributed by atoms with Crippen molar-refractivity contribution in [2.24, 2.45) is 5.92 Å². The van der Waals surface area contributed by atoms with Crippen molar-refractivity contribution in [3.63, 3.8) is 0 Å². The number of hydrogen-bond acceptors (Lipinski definition) is 7. The number of rotatable bonds is 3. The number of benzene rings is 2. The van der Waals surface area contributed by atoms with Crippen LogP contribution in [0.2, 0.25) is 0 Å². The zero-order chi connectivity index (χ0) is 27.0. The predicted molar refractivity (Wildman–Crippen MR) is 153 cm³/mol. The number of nitrogens with one attached hydrogen (secondary N) is 2. The first-order valence-electron chi connectivity index (χ1n) is 12.9. The van der Waals surface area contributed by atoms with Crippen molar-refractivity contribution in [3.8, 4) is 17.1 Å². The topological polar surface area (TPSA) is 114 Å². The Bertz CT molecular complexity index is 1460. The molecule has 2 aromatic carbocycles. The largest absolute Gasteiger partial charge is 0.471 e. The molecule has 11 heteroatoms. The molecule has 39 heavy (non-hydrogen) atoms. The van der Waals surface area contributed by atoms with E-state index in [-0.39, 0.29) is 41.1 Å². The predicted octanol–water partition coefficient (Wildman–Crippen LogP) is 4.20. The van der Waals surface area contributed by atoms with Crippen molar-refractivity contribution in [2.75, 3.05) is 24.4 Å². The van der Waals surface area contributed by atoms with Gasteiger partial charge in [0.1, 0.15) is 6.10 Å². The molecule has 9 nitrogen and oxygen atoms in total. The second-order valence-corrected chi connectivity index (χ2v) is 12.1. The molecule has 0 radical (unpaired) electrons. The molecule has 1 fully saturated rings. The summed E-state index contributed by atoms with van der Waals surface area (Å²) in [6.45, 7) is 9.80. The molecule has 1 amide bonds. The lowest BCUT2D eigenvalue weighted by Crippen LogP contribution is -2.50. The Kier molecular flexibility index (Phi) is 8.48. The van der Waals surface area contributed by atoms with Crippen molar-refractivity contribution in [3.05, 3.63) is 65.2 Å². The van der Waals surface area contributed by atoms with Gasteiger partial charge in [-0.15, -0.1) is 12.4 Å². The normalized spacial score (nSPS) is 20.3. The monoisotopic (exact) mass is 571 g/mol. The van der Waals surface area contributed by atoms with Gasteiger partial charge in [-0.2, -0.15) is 4.98 Å². The highest BCUT2D eigenvalue weighted by molar-refractivity contribution is 7.92. The van der Waals surface area contributed by atoms with Crippen LogP contribution in [0.5, 0.6) is 5.88 Å². The van der Waals surface area contributed by atoms with Crippen molar-refractivity contribution in [1.29, 1.82) is 0 Å². The van der Waals surface area contributed by atoms with Crippen LogP contribution in [-0.4, -0.2) is 61.0 Å². The van der Waals surface area contributed by atoms with E-state index in [0.29, 0.717) is 36.8 Å². The van der Waals surface area contributed by atoms with Crippen LogP contribution in [-0.2, 0) is 10.0 Å². The average Bonchev–Trinajstić information content (AvgIpc) is 3.04. The third-order valence-corrected chi connectivity index (χ3v) is 8.33. The van der Waals surface area contributed by atoms with E-state index >= 15 is 0 Å². The van der Waals surface area contributed by atoms with Crippen LogP contribution in [0.15, 0.2) is 53.4 Å². The van der Waals surface area contributed by atoms with Gasteiger partial charge in [-0.1, -0.05) is 38.1 Å². The number of amides is 1. The van der Waals surface area contributed by atoms with Crippen molar-refractivity contribution < 1.29 is 17.9 Å². The van der Waals surface area contributed by atoms with Crippen LogP contribution >= 0.6 is 12.4 Å². The Morgan fingerprint density at radius 3 is 2.51 bits per heavy atom. The summed E-state index contributed by atoms with van der Waals surface area (Å²) < 4.78 is 35.8. The van der Waals surface area contributed by atoms with Gasteiger partial charge in [0.2, 0.25) is 11.8 Å². The van der Waals surface area contributed by atoms with E-state index in [1.165, 1.54) is 12.1 Å². The maximum Gasteiger partial charge on any atom is 0.264 e. The molecule has 2 atom stereocenters. The smallest absolute Gasteiger partial charge is 0.264 e. The lowest BCUT2D eigenvalue weighted by molar-refractivity contribution is 0.0446. The molecule has 2 N–H and O–H groups in total. The number of carbonyl (C=O) groups excluding carboxylic acids is 1. The van der Waals surface area contributed by atoms with E-state index in [4.69, 9.17) is 4.74 Å². The summed E-state index contributed by atoms with van der Waals surface area (Å²) in [6.07, 6.45) is 0.314. The lowest BCUT2D eigenvalue weighted by Gasteiger charge is -2.35. The molecule has 3 aromatic rings. The minimum Gasteiger partial charge on any atom is -0.471 e. The molecule has 0 aliphatic carbocycles. The molecule has 1 aromatic heterocycles. The Morgan fingerprint density at radius 2 is 1.79 bits per heavy atom. The third-order valence-electron chi connectivity index (χ3n) is 7.01. The number of halogens is 1. The van der Waals surface area contributed by atoms with Gasteiger partial charge in [0, 0.05) is 36.8 Å². The molecule has 6 bridgehead atoms. The maximum absolute atomic E-state index is 13.8.